The van der Waals surface area contributed by atoms with Gasteiger partial charge < -0.3 is 9.67 Å². The van der Waals surface area contributed by atoms with E-state index in [1.807, 2.05) is 6.92 Å². The van der Waals surface area contributed by atoms with Crippen molar-refractivity contribution in [1.82, 2.24) is 9.55 Å². The number of aromatic nitrogens is 2. The van der Waals surface area contributed by atoms with E-state index in [9.17, 15) is 4.79 Å². The van der Waals surface area contributed by atoms with Gasteiger partial charge in [0.05, 0.1) is 11.4 Å². The zero-order valence-electron chi connectivity index (χ0n) is 10.9. The third kappa shape index (κ3) is 3.28. The Morgan fingerprint density at radius 1 is 1.50 bits per heavy atom. The summed E-state index contributed by atoms with van der Waals surface area (Å²) in [5.74, 6) is 0.116. The van der Waals surface area contributed by atoms with Crippen molar-refractivity contribution in [2.24, 2.45) is 5.92 Å². The number of imidazole rings is 1. The highest BCUT2D eigenvalue weighted by molar-refractivity contribution is 7.99. The predicted molar refractivity (Wildman–Crippen MR) is 72.0 cm³/mol. The van der Waals surface area contributed by atoms with E-state index in [-0.39, 0.29) is 5.75 Å². The van der Waals surface area contributed by atoms with Crippen molar-refractivity contribution in [2.75, 3.05) is 5.75 Å². The molecule has 0 saturated heterocycles. The molecule has 1 heterocycles. The Kier molecular flexibility index (Phi) is 4.32. The summed E-state index contributed by atoms with van der Waals surface area (Å²) >= 11 is 1.32. The van der Waals surface area contributed by atoms with Crippen molar-refractivity contribution in [3.05, 3.63) is 11.9 Å². The Bertz CT molecular complexity index is 423. The van der Waals surface area contributed by atoms with Crippen molar-refractivity contribution in [1.29, 1.82) is 0 Å². The quantitative estimate of drug-likeness (QED) is 0.852. The van der Waals surface area contributed by atoms with E-state index in [1.165, 1.54) is 37.4 Å². The van der Waals surface area contributed by atoms with Crippen LogP contribution in [-0.4, -0.2) is 26.4 Å². The van der Waals surface area contributed by atoms with Gasteiger partial charge in [-0.1, -0.05) is 18.7 Å². The molecule has 0 unspecified atom stereocenters. The summed E-state index contributed by atoms with van der Waals surface area (Å²) in [7, 11) is 0. The minimum absolute atomic E-state index is 0.0829. The average Bonchev–Trinajstić information content (AvgIpc) is 2.69. The number of aliphatic carboxylic acids is 1. The molecular formula is C13H20N2O2S. The summed E-state index contributed by atoms with van der Waals surface area (Å²) < 4.78 is 2.19. The highest BCUT2D eigenvalue weighted by atomic mass is 32.2. The van der Waals surface area contributed by atoms with E-state index in [0.717, 1.165) is 16.8 Å². The lowest BCUT2D eigenvalue weighted by molar-refractivity contribution is -0.133. The fraction of sp³-hybridized carbons (Fsp3) is 0.692. The van der Waals surface area contributed by atoms with Crippen LogP contribution in [0.25, 0.3) is 0 Å². The maximum absolute atomic E-state index is 10.7. The first kappa shape index (κ1) is 13.5. The van der Waals surface area contributed by atoms with Crippen LogP contribution in [0, 0.1) is 12.8 Å². The van der Waals surface area contributed by atoms with Crippen LogP contribution in [0.4, 0.5) is 0 Å². The molecule has 1 aliphatic carbocycles. The van der Waals surface area contributed by atoms with Crippen molar-refractivity contribution in [2.45, 2.75) is 50.7 Å². The summed E-state index contributed by atoms with van der Waals surface area (Å²) in [5.41, 5.74) is 0.974. The van der Waals surface area contributed by atoms with E-state index in [1.54, 1.807) is 0 Å². The third-order valence-corrected chi connectivity index (χ3v) is 4.47. The minimum Gasteiger partial charge on any atom is -0.481 e. The number of thioether (sulfide) groups is 1. The van der Waals surface area contributed by atoms with Crippen LogP contribution in [-0.2, 0) is 4.79 Å². The first-order valence-corrected chi connectivity index (χ1v) is 7.45. The van der Waals surface area contributed by atoms with Crippen molar-refractivity contribution < 1.29 is 9.90 Å². The molecule has 1 saturated carbocycles. The standard InChI is InChI=1S/C13H20N2O2S/c1-9-3-5-11(6-4-9)15-7-10(2)14-13(15)18-8-12(16)17/h7,9,11H,3-6,8H2,1-2H3,(H,16,17). The number of carboxylic acid groups (broad SMARTS) is 1. The molecule has 5 heteroatoms. The molecule has 1 N–H and O–H groups in total. The molecule has 0 spiro atoms. The van der Waals surface area contributed by atoms with Gasteiger partial charge in [0.1, 0.15) is 0 Å². The van der Waals surface area contributed by atoms with Gasteiger partial charge in [-0.2, -0.15) is 0 Å². The average molecular weight is 268 g/mol. The minimum atomic E-state index is -0.788. The maximum atomic E-state index is 10.7. The Morgan fingerprint density at radius 3 is 2.78 bits per heavy atom. The smallest absolute Gasteiger partial charge is 0.313 e. The molecule has 1 aliphatic rings. The third-order valence-electron chi connectivity index (χ3n) is 3.52. The number of hydrogen-bond acceptors (Lipinski definition) is 3. The van der Waals surface area contributed by atoms with Gasteiger partial charge in [-0.15, -0.1) is 0 Å². The Labute approximate surface area is 112 Å². The second kappa shape index (κ2) is 5.78. The summed E-state index contributed by atoms with van der Waals surface area (Å²) in [6, 6.07) is 0.499. The van der Waals surface area contributed by atoms with Crippen molar-refractivity contribution in [3.63, 3.8) is 0 Å². The maximum Gasteiger partial charge on any atom is 0.313 e. The molecule has 18 heavy (non-hydrogen) atoms. The monoisotopic (exact) mass is 268 g/mol. The van der Waals surface area contributed by atoms with E-state index in [2.05, 4.69) is 22.7 Å². The normalized spacial score (nSPS) is 24.1. The predicted octanol–water partition coefficient (Wildman–Crippen LogP) is 3.12. The number of carbonyl (C=O) groups is 1. The fourth-order valence-corrected chi connectivity index (χ4v) is 3.32. The van der Waals surface area contributed by atoms with E-state index < -0.39 is 5.97 Å². The van der Waals surface area contributed by atoms with Gasteiger partial charge in [0.25, 0.3) is 0 Å². The summed E-state index contributed by atoms with van der Waals surface area (Å²) in [6.45, 7) is 4.27. The van der Waals surface area contributed by atoms with Gasteiger partial charge in [0.15, 0.2) is 5.16 Å². The summed E-state index contributed by atoms with van der Waals surface area (Å²) in [6.07, 6.45) is 6.93. The number of hydrogen-bond donors (Lipinski definition) is 1. The van der Waals surface area contributed by atoms with Gasteiger partial charge in [-0.25, -0.2) is 4.98 Å². The molecule has 0 atom stereocenters. The van der Waals surface area contributed by atoms with Gasteiger partial charge in [-0.3, -0.25) is 4.79 Å². The zero-order valence-corrected chi connectivity index (χ0v) is 11.7. The highest BCUT2D eigenvalue weighted by Crippen LogP contribution is 2.34. The topological polar surface area (TPSA) is 55.1 Å². The molecule has 2 rings (SSSR count). The van der Waals surface area contributed by atoms with Crippen LogP contribution in [0.3, 0.4) is 0 Å². The van der Waals surface area contributed by atoms with Gasteiger partial charge in [0, 0.05) is 12.2 Å². The van der Waals surface area contributed by atoms with E-state index in [4.69, 9.17) is 5.11 Å². The number of carboxylic acids is 1. The van der Waals surface area contributed by atoms with Crippen LogP contribution in [0.5, 0.6) is 0 Å². The van der Waals surface area contributed by atoms with Crippen molar-refractivity contribution in [3.8, 4) is 0 Å². The molecular weight excluding hydrogens is 248 g/mol. The molecule has 0 aromatic carbocycles. The molecule has 0 amide bonds. The largest absolute Gasteiger partial charge is 0.481 e. The molecule has 0 aliphatic heterocycles. The Hall–Kier alpha value is -0.970. The van der Waals surface area contributed by atoms with Crippen LogP contribution in [0.2, 0.25) is 0 Å². The van der Waals surface area contributed by atoms with Gasteiger partial charge in [0.2, 0.25) is 0 Å². The number of nitrogens with zero attached hydrogens (tertiary/aromatic N) is 2. The first-order valence-electron chi connectivity index (χ1n) is 6.46. The second-order valence-electron chi connectivity index (χ2n) is 5.17. The van der Waals surface area contributed by atoms with Crippen LogP contribution >= 0.6 is 11.8 Å². The second-order valence-corrected chi connectivity index (χ2v) is 6.11. The lowest BCUT2D eigenvalue weighted by Gasteiger charge is -2.28. The molecule has 1 fully saturated rings. The SMILES string of the molecule is Cc1cn(C2CCC(C)CC2)c(SCC(=O)O)n1. The fourth-order valence-electron chi connectivity index (χ4n) is 2.51. The summed E-state index contributed by atoms with van der Waals surface area (Å²) in [4.78, 5) is 15.1. The molecule has 100 valence electrons. The molecule has 1 aromatic heterocycles. The van der Waals surface area contributed by atoms with Gasteiger partial charge >= 0.3 is 5.97 Å². The molecule has 0 bridgehead atoms. The molecule has 0 radical (unpaired) electrons. The molecule has 4 nitrogen and oxygen atoms in total. The van der Waals surface area contributed by atoms with E-state index in [0.29, 0.717) is 6.04 Å². The van der Waals surface area contributed by atoms with Crippen molar-refractivity contribution >= 4 is 17.7 Å². The summed E-state index contributed by atoms with van der Waals surface area (Å²) in [5, 5.41) is 9.62. The lowest BCUT2D eigenvalue weighted by Crippen LogP contribution is -2.17. The number of rotatable bonds is 4. The Morgan fingerprint density at radius 2 is 2.17 bits per heavy atom. The highest BCUT2D eigenvalue weighted by Gasteiger charge is 2.22. The lowest BCUT2D eigenvalue weighted by atomic mass is 9.87. The van der Waals surface area contributed by atoms with Gasteiger partial charge in [-0.05, 0) is 38.5 Å². The zero-order chi connectivity index (χ0) is 13.1. The number of aryl methyl sites for hydroxylation is 1. The molecule has 1 aromatic rings. The van der Waals surface area contributed by atoms with Crippen LogP contribution in [0.1, 0.15) is 44.3 Å². The van der Waals surface area contributed by atoms with E-state index >= 15 is 0 Å². The van der Waals surface area contributed by atoms with Crippen LogP contribution < -0.4 is 0 Å². The Balaban J connectivity index is 2.09. The van der Waals surface area contributed by atoms with Crippen LogP contribution in [0.15, 0.2) is 11.4 Å². The first-order chi connectivity index (χ1) is 8.56.